The van der Waals surface area contributed by atoms with Gasteiger partial charge in [-0.05, 0) is 34.9 Å². The van der Waals surface area contributed by atoms with Crippen LogP contribution in [0.25, 0.3) is 22.3 Å². The molecular formula is C26H18N2O2. The Labute approximate surface area is 174 Å². The van der Waals surface area contributed by atoms with Crippen molar-refractivity contribution in [3.63, 3.8) is 0 Å². The van der Waals surface area contributed by atoms with Gasteiger partial charge in [-0.1, -0.05) is 72.8 Å². The number of aromatic nitrogens is 1. The Hall–Kier alpha value is -4.05. The molecule has 1 aliphatic rings. The number of benzene rings is 3. The first-order valence-electron chi connectivity index (χ1n) is 9.78. The fourth-order valence-electron chi connectivity index (χ4n) is 3.94. The van der Waals surface area contributed by atoms with Gasteiger partial charge in [-0.15, -0.1) is 0 Å². The average molecular weight is 390 g/mol. The summed E-state index contributed by atoms with van der Waals surface area (Å²) in [7, 11) is 0. The van der Waals surface area contributed by atoms with Gasteiger partial charge in [0.25, 0.3) is 11.8 Å². The Morgan fingerprint density at radius 1 is 0.600 bits per heavy atom. The zero-order chi connectivity index (χ0) is 20.5. The van der Waals surface area contributed by atoms with Crippen molar-refractivity contribution in [3.05, 3.63) is 114 Å². The third-order valence-electron chi connectivity index (χ3n) is 5.33. The molecule has 4 heteroatoms. The van der Waals surface area contributed by atoms with Gasteiger partial charge in [0.15, 0.2) is 0 Å². The second-order valence-corrected chi connectivity index (χ2v) is 7.16. The van der Waals surface area contributed by atoms with Crippen LogP contribution >= 0.6 is 0 Å². The number of imide groups is 1. The number of pyridine rings is 1. The molecule has 0 N–H and O–H groups in total. The standard InChI is InChI=1S/C26H18N2O2/c29-25-22-15-14-21(18-9-3-1-4-10-18)23(19-11-5-2-6-12-19)24(22)26(30)28(25)17-20-13-7-8-16-27-20/h1-16H,17H2. The van der Waals surface area contributed by atoms with Crippen molar-refractivity contribution in [2.24, 2.45) is 0 Å². The monoisotopic (exact) mass is 390 g/mol. The predicted octanol–water partition coefficient (Wildman–Crippen LogP) is 5.21. The first-order valence-corrected chi connectivity index (χ1v) is 9.78. The minimum absolute atomic E-state index is 0.155. The van der Waals surface area contributed by atoms with Crippen LogP contribution in [0, 0.1) is 0 Å². The van der Waals surface area contributed by atoms with Crippen molar-refractivity contribution >= 4 is 11.8 Å². The molecule has 0 bridgehead atoms. The number of hydrogen-bond acceptors (Lipinski definition) is 3. The van der Waals surface area contributed by atoms with E-state index in [0.717, 1.165) is 22.3 Å². The van der Waals surface area contributed by atoms with E-state index in [1.54, 1.807) is 12.3 Å². The summed E-state index contributed by atoms with van der Waals surface area (Å²) >= 11 is 0. The van der Waals surface area contributed by atoms with Crippen LogP contribution < -0.4 is 0 Å². The van der Waals surface area contributed by atoms with E-state index in [-0.39, 0.29) is 18.4 Å². The smallest absolute Gasteiger partial charge is 0.262 e. The van der Waals surface area contributed by atoms with Gasteiger partial charge in [0.05, 0.1) is 23.4 Å². The summed E-state index contributed by atoms with van der Waals surface area (Å²) < 4.78 is 0. The van der Waals surface area contributed by atoms with Crippen molar-refractivity contribution in [2.45, 2.75) is 6.54 Å². The van der Waals surface area contributed by atoms with Gasteiger partial charge in [0, 0.05) is 11.8 Å². The summed E-state index contributed by atoms with van der Waals surface area (Å²) in [4.78, 5) is 32.1. The molecule has 1 aromatic heterocycles. The number of carbonyl (C=O) groups is 2. The Kier molecular flexibility index (Phi) is 4.45. The van der Waals surface area contributed by atoms with Crippen LogP contribution in [0.15, 0.2) is 97.2 Å². The second-order valence-electron chi connectivity index (χ2n) is 7.16. The SMILES string of the molecule is O=C1c2ccc(-c3ccccc3)c(-c3ccccc3)c2C(=O)N1Cc1ccccn1. The lowest BCUT2D eigenvalue weighted by Gasteiger charge is -2.15. The summed E-state index contributed by atoms with van der Waals surface area (Å²) in [6, 6.07) is 28.9. The van der Waals surface area contributed by atoms with Crippen molar-refractivity contribution in [3.8, 4) is 22.3 Å². The molecular weight excluding hydrogens is 372 g/mol. The van der Waals surface area contributed by atoms with E-state index < -0.39 is 0 Å². The van der Waals surface area contributed by atoms with E-state index in [4.69, 9.17) is 0 Å². The molecule has 0 unspecified atom stereocenters. The summed E-state index contributed by atoms with van der Waals surface area (Å²) in [5.74, 6) is -0.560. The molecule has 0 fully saturated rings. The largest absolute Gasteiger partial charge is 0.269 e. The summed E-state index contributed by atoms with van der Waals surface area (Å²) in [6.07, 6.45) is 1.66. The van der Waals surface area contributed by atoms with Gasteiger partial charge in [0.2, 0.25) is 0 Å². The van der Waals surface area contributed by atoms with Crippen molar-refractivity contribution < 1.29 is 9.59 Å². The first-order chi connectivity index (χ1) is 14.7. The van der Waals surface area contributed by atoms with E-state index in [2.05, 4.69) is 4.98 Å². The number of hydrogen-bond donors (Lipinski definition) is 0. The number of nitrogens with zero attached hydrogens (tertiary/aromatic N) is 2. The molecule has 144 valence electrons. The molecule has 4 aromatic rings. The molecule has 30 heavy (non-hydrogen) atoms. The maximum Gasteiger partial charge on any atom is 0.262 e. The van der Waals surface area contributed by atoms with Crippen molar-refractivity contribution in [1.29, 1.82) is 0 Å². The Balaban J connectivity index is 1.69. The minimum Gasteiger partial charge on any atom is -0.269 e. The number of fused-ring (bicyclic) bond motifs is 1. The van der Waals surface area contributed by atoms with Gasteiger partial charge in [-0.25, -0.2) is 0 Å². The van der Waals surface area contributed by atoms with E-state index >= 15 is 0 Å². The summed E-state index contributed by atoms with van der Waals surface area (Å²) in [5.41, 5.74) is 5.22. The molecule has 5 rings (SSSR count). The second kappa shape index (κ2) is 7.41. The van der Waals surface area contributed by atoms with Crippen LogP contribution in [0.5, 0.6) is 0 Å². The molecule has 2 amide bonds. The van der Waals surface area contributed by atoms with Crippen LogP contribution in [-0.2, 0) is 6.54 Å². The molecule has 0 aliphatic carbocycles. The third kappa shape index (κ3) is 2.99. The lowest BCUT2D eigenvalue weighted by atomic mass is 9.88. The molecule has 0 atom stereocenters. The zero-order valence-electron chi connectivity index (χ0n) is 16.2. The number of carbonyl (C=O) groups excluding carboxylic acids is 2. The van der Waals surface area contributed by atoms with Crippen LogP contribution in [0.1, 0.15) is 26.4 Å². The van der Waals surface area contributed by atoms with Gasteiger partial charge in [-0.3, -0.25) is 19.5 Å². The highest BCUT2D eigenvalue weighted by molar-refractivity contribution is 6.25. The van der Waals surface area contributed by atoms with E-state index in [1.807, 2.05) is 84.9 Å². The lowest BCUT2D eigenvalue weighted by molar-refractivity contribution is 0.0640. The van der Waals surface area contributed by atoms with Crippen LogP contribution in [-0.4, -0.2) is 21.7 Å². The van der Waals surface area contributed by atoms with E-state index in [0.29, 0.717) is 16.8 Å². The first kappa shape index (κ1) is 18.0. The van der Waals surface area contributed by atoms with E-state index in [1.165, 1.54) is 4.90 Å². The average Bonchev–Trinajstić information content (AvgIpc) is 3.05. The highest BCUT2D eigenvalue weighted by Gasteiger charge is 2.38. The van der Waals surface area contributed by atoms with Crippen molar-refractivity contribution in [1.82, 2.24) is 9.88 Å². The normalized spacial score (nSPS) is 12.9. The van der Waals surface area contributed by atoms with Crippen LogP contribution in [0.4, 0.5) is 0 Å². The molecule has 0 radical (unpaired) electrons. The fourth-order valence-corrected chi connectivity index (χ4v) is 3.94. The van der Waals surface area contributed by atoms with Gasteiger partial charge >= 0.3 is 0 Å². The molecule has 0 saturated heterocycles. The maximum absolute atomic E-state index is 13.5. The van der Waals surface area contributed by atoms with Gasteiger partial charge in [0.1, 0.15) is 0 Å². The topological polar surface area (TPSA) is 50.3 Å². The summed E-state index contributed by atoms with van der Waals surface area (Å²) in [6.45, 7) is 0.155. The van der Waals surface area contributed by atoms with Crippen molar-refractivity contribution in [2.75, 3.05) is 0 Å². The molecule has 0 spiro atoms. The molecule has 2 heterocycles. The molecule has 4 nitrogen and oxygen atoms in total. The highest BCUT2D eigenvalue weighted by atomic mass is 16.2. The third-order valence-corrected chi connectivity index (χ3v) is 5.33. The van der Waals surface area contributed by atoms with Crippen LogP contribution in [0.3, 0.4) is 0 Å². The summed E-state index contributed by atoms with van der Waals surface area (Å²) in [5, 5.41) is 0. The molecule has 0 saturated carbocycles. The Bertz CT molecular complexity index is 1240. The maximum atomic E-state index is 13.5. The Morgan fingerprint density at radius 3 is 1.90 bits per heavy atom. The number of amides is 2. The van der Waals surface area contributed by atoms with E-state index in [9.17, 15) is 9.59 Å². The number of rotatable bonds is 4. The zero-order valence-corrected chi connectivity index (χ0v) is 16.2. The van der Waals surface area contributed by atoms with Gasteiger partial charge < -0.3 is 0 Å². The fraction of sp³-hybridized carbons (Fsp3) is 0.0385. The van der Waals surface area contributed by atoms with Crippen LogP contribution in [0.2, 0.25) is 0 Å². The highest BCUT2D eigenvalue weighted by Crippen LogP contribution is 2.40. The molecule has 1 aliphatic heterocycles. The van der Waals surface area contributed by atoms with Gasteiger partial charge in [-0.2, -0.15) is 0 Å². The molecule has 3 aromatic carbocycles. The quantitative estimate of drug-likeness (QED) is 0.449. The predicted molar refractivity (Wildman–Crippen MR) is 116 cm³/mol. The minimum atomic E-state index is -0.280. The Morgan fingerprint density at radius 2 is 1.23 bits per heavy atom. The lowest BCUT2D eigenvalue weighted by Crippen LogP contribution is -2.29.